The fourth-order valence-electron chi connectivity index (χ4n) is 3.26. The summed E-state index contributed by atoms with van der Waals surface area (Å²) < 4.78 is 39.4. The van der Waals surface area contributed by atoms with Crippen molar-refractivity contribution in [2.45, 2.75) is 35.3 Å². The van der Waals surface area contributed by atoms with Crippen LogP contribution < -0.4 is 19.5 Å². The van der Waals surface area contributed by atoms with Crippen molar-refractivity contribution < 1.29 is 22.7 Å². The number of benzene rings is 3. The molecule has 1 aliphatic heterocycles. The summed E-state index contributed by atoms with van der Waals surface area (Å²) in [6, 6.07) is 19.1. The SMILES string of the molecule is Cc1ccc(S[C@H](C)C(=O)Nc2ccc(NS(=O)(=O)c3ccc4c(c3)OCCCO4)cc2)cc1. The Hall–Kier alpha value is -3.17. The Morgan fingerprint density at radius 3 is 2.26 bits per heavy atom. The van der Waals surface area contributed by atoms with Gasteiger partial charge in [-0.1, -0.05) is 17.7 Å². The number of fused-ring (bicyclic) bond motifs is 1. The van der Waals surface area contributed by atoms with Crippen LogP contribution in [-0.2, 0) is 14.8 Å². The number of nitrogens with one attached hydrogen (secondary N) is 2. The van der Waals surface area contributed by atoms with Crippen molar-refractivity contribution in [2.75, 3.05) is 23.3 Å². The highest BCUT2D eigenvalue weighted by atomic mass is 32.2. The second kappa shape index (κ2) is 10.4. The van der Waals surface area contributed by atoms with Gasteiger partial charge in [-0.2, -0.15) is 0 Å². The molecule has 0 fully saturated rings. The van der Waals surface area contributed by atoms with Crippen molar-refractivity contribution in [2.24, 2.45) is 0 Å². The largest absolute Gasteiger partial charge is 0.490 e. The number of carbonyl (C=O) groups excluding carboxylic acids is 1. The third kappa shape index (κ3) is 6.03. The number of hydrogen-bond acceptors (Lipinski definition) is 6. The lowest BCUT2D eigenvalue weighted by Crippen LogP contribution is -2.22. The standard InChI is InChI=1S/C25H26N2O5S2/c1-17-4-10-21(11-5-17)33-18(2)25(28)26-19-6-8-20(9-7-19)27-34(29,30)22-12-13-23-24(16-22)32-15-3-14-31-23/h4-13,16,18,27H,3,14-15H2,1-2H3,(H,26,28)/t18-/m1/s1. The molecule has 0 bridgehead atoms. The Balaban J connectivity index is 1.38. The minimum Gasteiger partial charge on any atom is -0.490 e. The highest BCUT2D eigenvalue weighted by molar-refractivity contribution is 8.00. The fraction of sp³-hybridized carbons (Fsp3) is 0.240. The van der Waals surface area contributed by atoms with Gasteiger partial charge in [0.05, 0.1) is 23.4 Å². The molecule has 1 amide bonds. The van der Waals surface area contributed by atoms with Gasteiger partial charge in [0.1, 0.15) is 0 Å². The Kier molecular flexibility index (Phi) is 7.33. The van der Waals surface area contributed by atoms with Crippen LogP contribution in [0.2, 0.25) is 0 Å². The summed E-state index contributed by atoms with van der Waals surface area (Å²) in [5.74, 6) is 0.813. The Labute approximate surface area is 203 Å². The maximum Gasteiger partial charge on any atom is 0.262 e. The molecule has 0 aliphatic carbocycles. The number of rotatable bonds is 7. The van der Waals surface area contributed by atoms with Crippen LogP contribution in [0.1, 0.15) is 18.9 Å². The monoisotopic (exact) mass is 498 g/mol. The van der Waals surface area contributed by atoms with Gasteiger partial charge in [0.2, 0.25) is 5.91 Å². The molecule has 1 heterocycles. The first-order valence-electron chi connectivity index (χ1n) is 10.9. The van der Waals surface area contributed by atoms with Gasteiger partial charge in [-0.15, -0.1) is 11.8 Å². The molecule has 1 atom stereocenters. The number of hydrogen-bond donors (Lipinski definition) is 2. The molecule has 1 aliphatic rings. The van der Waals surface area contributed by atoms with Crippen LogP contribution in [0.5, 0.6) is 11.5 Å². The van der Waals surface area contributed by atoms with E-state index in [-0.39, 0.29) is 16.1 Å². The summed E-state index contributed by atoms with van der Waals surface area (Å²) in [5, 5.41) is 2.58. The number of aryl methyl sites for hydroxylation is 1. The highest BCUT2D eigenvalue weighted by Gasteiger charge is 2.19. The van der Waals surface area contributed by atoms with Gasteiger partial charge in [-0.25, -0.2) is 8.42 Å². The molecule has 3 aromatic carbocycles. The van der Waals surface area contributed by atoms with Crippen LogP contribution >= 0.6 is 11.8 Å². The normalized spacial score (nSPS) is 14.1. The maximum absolute atomic E-state index is 12.8. The van der Waals surface area contributed by atoms with Crippen molar-refractivity contribution >= 4 is 39.1 Å². The van der Waals surface area contributed by atoms with Gasteiger partial charge in [0, 0.05) is 28.8 Å². The molecule has 3 aromatic rings. The second-order valence-electron chi connectivity index (χ2n) is 7.90. The van der Waals surface area contributed by atoms with E-state index in [1.807, 2.05) is 38.1 Å². The third-order valence-corrected chi connectivity index (χ3v) is 7.63. The molecule has 34 heavy (non-hydrogen) atoms. The van der Waals surface area contributed by atoms with E-state index in [4.69, 9.17) is 9.47 Å². The van der Waals surface area contributed by atoms with Crippen LogP contribution in [0.15, 0.2) is 76.5 Å². The summed E-state index contributed by atoms with van der Waals surface area (Å²) in [7, 11) is -3.82. The Morgan fingerprint density at radius 1 is 0.912 bits per heavy atom. The van der Waals surface area contributed by atoms with Gasteiger partial charge < -0.3 is 14.8 Å². The molecule has 0 radical (unpaired) electrons. The lowest BCUT2D eigenvalue weighted by molar-refractivity contribution is -0.115. The zero-order valence-electron chi connectivity index (χ0n) is 18.9. The molecular formula is C25H26N2O5S2. The van der Waals surface area contributed by atoms with Crippen LogP contribution in [0, 0.1) is 6.92 Å². The fourth-order valence-corrected chi connectivity index (χ4v) is 5.21. The number of anilines is 2. The lowest BCUT2D eigenvalue weighted by Gasteiger charge is -2.14. The maximum atomic E-state index is 12.8. The molecule has 0 unspecified atom stereocenters. The molecule has 0 spiro atoms. The van der Waals surface area contributed by atoms with Gasteiger partial charge in [-0.05, 0) is 62.4 Å². The first kappa shape index (κ1) is 24.0. The quantitative estimate of drug-likeness (QED) is 0.442. The molecule has 0 saturated carbocycles. The summed E-state index contributed by atoms with van der Waals surface area (Å²) in [5.41, 5.74) is 2.13. The van der Waals surface area contributed by atoms with Gasteiger partial charge in [0.25, 0.3) is 10.0 Å². The van der Waals surface area contributed by atoms with E-state index in [0.29, 0.717) is 36.1 Å². The average molecular weight is 499 g/mol. The van der Waals surface area contributed by atoms with Gasteiger partial charge in [0.15, 0.2) is 11.5 Å². The van der Waals surface area contributed by atoms with Crippen molar-refractivity contribution in [3.05, 3.63) is 72.3 Å². The molecule has 0 aromatic heterocycles. The zero-order valence-corrected chi connectivity index (χ0v) is 20.5. The zero-order chi connectivity index (χ0) is 24.1. The molecule has 178 valence electrons. The topological polar surface area (TPSA) is 93.7 Å². The number of sulfonamides is 1. The van der Waals surface area contributed by atoms with E-state index < -0.39 is 10.0 Å². The Bertz CT molecular complexity index is 1260. The Morgan fingerprint density at radius 2 is 1.56 bits per heavy atom. The van der Waals surface area contributed by atoms with E-state index >= 15 is 0 Å². The molecule has 4 rings (SSSR count). The highest BCUT2D eigenvalue weighted by Crippen LogP contribution is 2.32. The summed E-state index contributed by atoms with van der Waals surface area (Å²) in [6.07, 6.45) is 0.737. The first-order chi connectivity index (χ1) is 16.3. The van der Waals surface area contributed by atoms with Crippen LogP contribution in [0.25, 0.3) is 0 Å². The van der Waals surface area contributed by atoms with E-state index in [1.54, 1.807) is 30.3 Å². The minimum absolute atomic E-state index is 0.0797. The van der Waals surface area contributed by atoms with Crippen molar-refractivity contribution in [1.29, 1.82) is 0 Å². The van der Waals surface area contributed by atoms with E-state index in [0.717, 1.165) is 11.3 Å². The predicted molar refractivity (Wildman–Crippen MR) is 134 cm³/mol. The molecular weight excluding hydrogens is 472 g/mol. The average Bonchev–Trinajstić information content (AvgIpc) is 3.06. The van der Waals surface area contributed by atoms with Gasteiger partial charge in [-0.3, -0.25) is 9.52 Å². The molecule has 2 N–H and O–H groups in total. The first-order valence-corrected chi connectivity index (χ1v) is 13.2. The molecule has 0 saturated heterocycles. The van der Waals surface area contributed by atoms with Crippen molar-refractivity contribution in [3.8, 4) is 11.5 Å². The van der Waals surface area contributed by atoms with Crippen molar-refractivity contribution in [3.63, 3.8) is 0 Å². The van der Waals surface area contributed by atoms with E-state index in [2.05, 4.69) is 10.0 Å². The van der Waals surface area contributed by atoms with E-state index in [9.17, 15) is 13.2 Å². The number of thioether (sulfide) groups is 1. The minimum atomic E-state index is -3.82. The molecule has 9 heteroatoms. The van der Waals surface area contributed by atoms with Crippen molar-refractivity contribution in [1.82, 2.24) is 0 Å². The number of amides is 1. The predicted octanol–water partition coefficient (Wildman–Crippen LogP) is 5.08. The third-order valence-electron chi connectivity index (χ3n) is 5.14. The summed E-state index contributed by atoms with van der Waals surface area (Å²) >= 11 is 1.48. The smallest absolute Gasteiger partial charge is 0.262 e. The van der Waals surface area contributed by atoms with E-state index in [1.165, 1.54) is 29.5 Å². The number of carbonyl (C=O) groups is 1. The summed E-state index contributed by atoms with van der Waals surface area (Å²) in [4.78, 5) is 13.7. The van der Waals surface area contributed by atoms with Gasteiger partial charge >= 0.3 is 0 Å². The second-order valence-corrected chi connectivity index (χ2v) is 11.0. The van der Waals surface area contributed by atoms with Crippen LogP contribution in [0.4, 0.5) is 11.4 Å². The van der Waals surface area contributed by atoms with Crippen LogP contribution in [0.3, 0.4) is 0 Å². The number of ether oxygens (including phenoxy) is 2. The molecule has 7 nitrogen and oxygen atoms in total. The van der Waals surface area contributed by atoms with Crippen LogP contribution in [-0.4, -0.2) is 32.8 Å². The lowest BCUT2D eigenvalue weighted by atomic mass is 10.2. The summed E-state index contributed by atoms with van der Waals surface area (Å²) in [6.45, 7) is 4.87.